The number of hydrogen-bond donors (Lipinski definition) is 0. The van der Waals surface area contributed by atoms with Gasteiger partial charge in [-0.25, -0.2) is 15.0 Å². The average Bonchev–Trinajstić information content (AvgIpc) is 3.81. The highest BCUT2D eigenvalue weighted by Crippen LogP contribution is 2.37. The van der Waals surface area contributed by atoms with Crippen LogP contribution in [0.15, 0.2) is 166 Å². The van der Waals surface area contributed by atoms with Crippen molar-refractivity contribution in [1.29, 1.82) is 0 Å². The molecule has 0 saturated heterocycles. The molecule has 0 amide bonds. The minimum Gasteiger partial charge on any atom is -0.341 e. The largest absolute Gasteiger partial charge is 0.341 e. The van der Waals surface area contributed by atoms with Crippen LogP contribution in [0.25, 0.3) is 38.8 Å². The summed E-state index contributed by atoms with van der Waals surface area (Å²) >= 11 is 10.3. The van der Waals surface area contributed by atoms with Crippen LogP contribution in [0.4, 0.5) is 0 Å². The van der Waals surface area contributed by atoms with Crippen LogP contribution >= 0.6 is 47.8 Å². The second-order valence-corrected chi connectivity index (χ2v) is 13.4. The van der Waals surface area contributed by atoms with E-state index in [1.165, 1.54) is 48.5 Å². The maximum atomic E-state index is 4.50. The van der Waals surface area contributed by atoms with Crippen molar-refractivity contribution in [3.05, 3.63) is 177 Å². The SMILES string of the molecule is Brc1ccc2c(c1)Cc1ccccc1-2.Brc1ccc2c3ccccc3n(-c3ccccn3)c2c1.Brc1ccccn1.C.Cn1ccnc1. The molecule has 48 heavy (non-hydrogen) atoms. The number of pyridine rings is 2. The summed E-state index contributed by atoms with van der Waals surface area (Å²) in [6.45, 7) is 0. The molecule has 0 saturated carbocycles. The van der Waals surface area contributed by atoms with Crippen LogP contribution in [0.2, 0.25) is 0 Å². The Morgan fingerprint density at radius 1 is 0.583 bits per heavy atom. The molecule has 4 aromatic heterocycles. The summed E-state index contributed by atoms with van der Waals surface area (Å²) in [6, 6.07) is 41.7. The maximum Gasteiger partial charge on any atom is 0.137 e. The topological polar surface area (TPSA) is 48.5 Å². The van der Waals surface area contributed by atoms with Gasteiger partial charge in [0, 0.05) is 51.6 Å². The number of fused-ring (bicyclic) bond motifs is 6. The van der Waals surface area contributed by atoms with Crippen molar-refractivity contribution in [2.24, 2.45) is 7.05 Å². The van der Waals surface area contributed by atoms with E-state index in [4.69, 9.17) is 0 Å². The fourth-order valence-corrected chi connectivity index (χ4v) is 6.49. The lowest BCUT2D eigenvalue weighted by Crippen LogP contribution is -1.95. The van der Waals surface area contributed by atoms with E-state index in [1.54, 1.807) is 18.7 Å². The lowest BCUT2D eigenvalue weighted by Gasteiger charge is -2.06. The molecular weight excluding hydrogens is 790 g/mol. The summed E-state index contributed by atoms with van der Waals surface area (Å²) in [7, 11) is 1.94. The third-order valence-corrected chi connectivity index (χ3v) is 8.99. The Kier molecular flexibility index (Phi) is 12.1. The van der Waals surface area contributed by atoms with Crippen LogP contribution in [-0.2, 0) is 13.5 Å². The molecule has 0 atom stereocenters. The lowest BCUT2D eigenvalue weighted by atomic mass is 10.1. The number of hydrogen-bond acceptors (Lipinski definition) is 3. The highest BCUT2D eigenvalue weighted by Gasteiger charge is 2.17. The van der Waals surface area contributed by atoms with Crippen LogP contribution in [0.3, 0.4) is 0 Å². The molecule has 1 aliphatic rings. The Bertz CT molecular complexity index is 2210. The van der Waals surface area contributed by atoms with Gasteiger partial charge in [0.05, 0.1) is 17.4 Å². The zero-order chi connectivity index (χ0) is 32.6. The van der Waals surface area contributed by atoms with Crippen LogP contribution in [0.5, 0.6) is 0 Å². The van der Waals surface area contributed by atoms with Gasteiger partial charge in [0.15, 0.2) is 0 Å². The second kappa shape index (κ2) is 16.6. The van der Waals surface area contributed by atoms with E-state index >= 15 is 0 Å². The zero-order valence-electron chi connectivity index (χ0n) is 25.5. The molecule has 8 aromatic rings. The number of benzene rings is 4. The average molecular weight is 824 g/mol. The monoisotopic (exact) mass is 821 g/mol. The summed E-state index contributed by atoms with van der Waals surface area (Å²) in [5.74, 6) is 0.941. The van der Waals surface area contributed by atoms with E-state index in [0.29, 0.717) is 0 Å². The van der Waals surface area contributed by atoms with Crippen molar-refractivity contribution >= 4 is 69.6 Å². The minimum atomic E-state index is 0. The Morgan fingerprint density at radius 2 is 1.25 bits per heavy atom. The number of para-hydroxylation sites is 1. The molecule has 8 heteroatoms. The fraction of sp³-hybridized carbons (Fsp3) is 0.0750. The molecule has 1 aliphatic carbocycles. The predicted molar refractivity (Wildman–Crippen MR) is 211 cm³/mol. The third kappa shape index (κ3) is 8.37. The summed E-state index contributed by atoms with van der Waals surface area (Å²) in [5.41, 5.74) is 8.01. The van der Waals surface area contributed by atoms with Crippen LogP contribution < -0.4 is 0 Å². The second-order valence-electron chi connectivity index (χ2n) is 10.7. The van der Waals surface area contributed by atoms with Gasteiger partial charge in [-0.2, -0.15) is 0 Å². The van der Waals surface area contributed by atoms with E-state index in [9.17, 15) is 0 Å². The van der Waals surface area contributed by atoms with Gasteiger partial charge in [0.2, 0.25) is 0 Å². The Labute approximate surface area is 306 Å². The van der Waals surface area contributed by atoms with Crippen LogP contribution in [0, 0.1) is 0 Å². The molecule has 0 fully saturated rings. The summed E-state index contributed by atoms with van der Waals surface area (Å²) in [6.07, 6.45) is 10.0. The number of rotatable bonds is 1. The summed E-state index contributed by atoms with van der Waals surface area (Å²) in [5, 5.41) is 2.50. The summed E-state index contributed by atoms with van der Waals surface area (Å²) in [4.78, 5) is 12.2. The first-order valence-electron chi connectivity index (χ1n) is 14.9. The fourth-order valence-electron chi connectivity index (χ4n) is 5.46. The van der Waals surface area contributed by atoms with Gasteiger partial charge in [-0.3, -0.25) is 4.57 Å². The molecule has 5 nitrogen and oxygen atoms in total. The Balaban J connectivity index is 0.000000139. The molecule has 0 radical (unpaired) electrons. The molecule has 9 rings (SSSR count). The van der Waals surface area contributed by atoms with Gasteiger partial charge in [-0.05, 0) is 99.2 Å². The number of halogens is 3. The quantitative estimate of drug-likeness (QED) is 0.155. The van der Waals surface area contributed by atoms with Gasteiger partial charge in [0.25, 0.3) is 0 Å². The molecule has 4 aromatic carbocycles. The maximum absolute atomic E-state index is 4.50. The zero-order valence-corrected chi connectivity index (χ0v) is 30.3. The van der Waals surface area contributed by atoms with Crippen LogP contribution in [0.1, 0.15) is 18.6 Å². The third-order valence-electron chi connectivity index (χ3n) is 7.54. The number of aromatic nitrogens is 5. The van der Waals surface area contributed by atoms with E-state index in [-0.39, 0.29) is 7.43 Å². The first kappa shape index (κ1) is 35.0. The highest BCUT2D eigenvalue weighted by molar-refractivity contribution is 9.11. The highest BCUT2D eigenvalue weighted by atomic mass is 79.9. The van der Waals surface area contributed by atoms with E-state index < -0.39 is 0 Å². The predicted octanol–water partition coefficient (Wildman–Crippen LogP) is 11.9. The molecular formula is C40H34Br3N5. The number of imidazole rings is 1. The van der Waals surface area contributed by atoms with Gasteiger partial charge in [-0.1, -0.05) is 106 Å². The first-order chi connectivity index (χ1) is 23.0. The van der Waals surface area contributed by atoms with Crippen molar-refractivity contribution in [2.45, 2.75) is 13.8 Å². The minimum absolute atomic E-state index is 0. The lowest BCUT2D eigenvalue weighted by molar-refractivity contribution is 0.913. The van der Waals surface area contributed by atoms with Gasteiger partial charge < -0.3 is 4.57 Å². The van der Waals surface area contributed by atoms with E-state index in [2.05, 4.69) is 152 Å². The first-order valence-corrected chi connectivity index (χ1v) is 17.3. The molecule has 240 valence electrons. The smallest absolute Gasteiger partial charge is 0.137 e. The molecule has 0 bridgehead atoms. The van der Waals surface area contributed by atoms with E-state index in [1.807, 2.05) is 60.4 Å². The van der Waals surface area contributed by atoms with Gasteiger partial charge >= 0.3 is 0 Å². The molecule has 0 aliphatic heterocycles. The number of nitrogens with zero attached hydrogens (tertiary/aromatic N) is 5. The van der Waals surface area contributed by atoms with E-state index in [0.717, 1.165) is 21.3 Å². The molecule has 0 N–H and O–H groups in total. The number of aryl methyl sites for hydroxylation is 1. The molecule has 0 unspecified atom stereocenters. The van der Waals surface area contributed by atoms with Crippen molar-refractivity contribution in [1.82, 2.24) is 24.1 Å². The van der Waals surface area contributed by atoms with Crippen molar-refractivity contribution in [2.75, 3.05) is 0 Å². The van der Waals surface area contributed by atoms with Gasteiger partial charge in [-0.15, -0.1) is 0 Å². The van der Waals surface area contributed by atoms with Crippen LogP contribution in [-0.4, -0.2) is 24.1 Å². The normalized spacial score (nSPS) is 10.7. The van der Waals surface area contributed by atoms with Crippen molar-refractivity contribution < 1.29 is 0 Å². The standard InChI is InChI=1S/C17H11BrN2.C13H9Br.C5H4BrN.C4H6N2.CH4/c18-12-8-9-14-13-5-1-2-6-15(13)20(16(14)11-12)17-7-3-4-10-19-17;14-11-5-6-13-10(8-11)7-9-3-1-2-4-12(9)13;6-5-3-1-2-4-7-5;1-6-3-2-5-4-6;/h1-11H;1-6,8H,7H2;1-4H;2-4H,1H3;1H4. The Hall–Kier alpha value is -4.37. The van der Waals surface area contributed by atoms with Crippen molar-refractivity contribution in [3.8, 4) is 16.9 Å². The van der Waals surface area contributed by atoms with Gasteiger partial charge in [0.1, 0.15) is 10.4 Å². The summed E-state index contributed by atoms with van der Waals surface area (Å²) < 4.78 is 7.22. The Morgan fingerprint density at radius 3 is 1.92 bits per heavy atom. The molecule has 0 spiro atoms. The molecule has 4 heterocycles. The van der Waals surface area contributed by atoms with Crippen molar-refractivity contribution in [3.63, 3.8) is 0 Å².